The molecule has 0 aliphatic heterocycles. The fourth-order valence-corrected chi connectivity index (χ4v) is 4.72. The van der Waals surface area contributed by atoms with E-state index >= 15 is 0 Å². The Bertz CT molecular complexity index is 1490. The first kappa shape index (κ1) is 25.7. The van der Waals surface area contributed by atoms with Crippen molar-refractivity contribution < 1.29 is 4.79 Å². The van der Waals surface area contributed by atoms with E-state index in [1.807, 2.05) is 49.4 Å². The Morgan fingerprint density at radius 3 is 2.67 bits per heavy atom. The molecule has 0 saturated heterocycles. The maximum absolute atomic E-state index is 12.0. The fraction of sp³-hybridized carbons (Fsp3) is 0.231. The van der Waals surface area contributed by atoms with E-state index in [1.165, 1.54) is 12.8 Å². The Hall–Kier alpha value is -3.40. The molecule has 0 spiro atoms. The van der Waals surface area contributed by atoms with Gasteiger partial charge < -0.3 is 16.0 Å². The maximum Gasteiger partial charge on any atom is 0.271 e. The lowest BCUT2D eigenvalue weighted by Crippen LogP contribution is -2.20. The fourth-order valence-electron chi connectivity index (χ4n) is 3.59. The number of carbonyl (C=O) groups excluding carboxylic acids is 1. The van der Waals surface area contributed by atoms with Gasteiger partial charge in [-0.1, -0.05) is 42.8 Å². The molecule has 2 aromatic carbocycles. The topological polar surface area (TPSA) is 129 Å². The van der Waals surface area contributed by atoms with Gasteiger partial charge in [-0.2, -0.15) is 0 Å². The zero-order valence-corrected chi connectivity index (χ0v) is 21.6. The van der Waals surface area contributed by atoms with Crippen molar-refractivity contribution >= 4 is 46.0 Å². The van der Waals surface area contributed by atoms with Gasteiger partial charge in [-0.05, 0) is 60.9 Å². The van der Waals surface area contributed by atoms with Crippen LogP contribution in [-0.2, 0) is 13.5 Å². The average Bonchev–Trinajstić information content (AvgIpc) is 3.70. The highest BCUT2D eigenvalue weighted by atomic mass is 35.5. The van der Waals surface area contributed by atoms with Crippen LogP contribution in [-0.4, -0.2) is 26.5 Å². The van der Waals surface area contributed by atoms with E-state index < -0.39 is 5.91 Å². The largest absolute Gasteiger partial charge is 0.382 e. The number of primary amides is 1. The summed E-state index contributed by atoms with van der Waals surface area (Å²) in [4.78, 5) is 32.6. The van der Waals surface area contributed by atoms with E-state index in [2.05, 4.69) is 14.7 Å². The zero-order valence-electron chi connectivity index (χ0n) is 20.0. The number of hydrogen-bond donors (Lipinski definition) is 3. The van der Waals surface area contributed by atoms with Gasteiger partial charge in [0, 0.05) is 29.2 Å². The van der Waals surface area contributed by atoms with Crippen molar-refractivity contribution in [2.45, 2.75) is 37.1 Å². The molecule has 0 unspecified atom stereocenters. The number of rotatable bonds is 6. The number of nitrogens with zero attached hydrogens (tertiary/aromatic N) is 3. The van der Waals surface area contributed by atoms with E-state index in [0.717, 1.165) is 28.0 Å². The normalized spacial score (nSPS) is 12.8. The number of nitrogen functional groups attached to an aromatic ring is 1. The summed E-state index contributed by atoms with van der Waals surface area (Å²) in [6.45, 7) is 2.03. The van der Waals surface area contributed by atoms with Crippen LogP contribution in [0.1, 0.15) is 35.9 Å². The Morgan fingerprint density at radius 2 is 1.97 bits per heavy atom. The minimum atomic E-state index is -0.678. The highest BCUT2D eigenvalue weighted by Crippen LogP contribution is 2.28. The van der Waals surface area contributed by atoms with E-state index in [9.17, 15) is 9.59 Å². The molecule has 5 rings (SSSR count). The summed E-state index contributed by atoms with van der Waals surface area (Å²) in [7, 11) is 1.78. The number of aromatic nitrogens is 3. The van der Waals surface area contributed by atoms with Gasteiger partial charge in [-0.25, -0.2) is 9.97 Å². The number of carbonyl (C=O) groups is 1. The number of anilines is 1. The van der Waals surface area contributed by atoms with Gasteiger partial charge in [0.05, 0.1) is 22.3 Å². The van der Waals surface area contributed by atoms with Gasteiger partial charge in [-0.3, -0.25) is 14.3 Å². The van der Waals surface area contributed by atoms with Crippen molar-refractivity contribution in [1.82, 2.24) is 19.3 Å². The van der Waals surface area contributed by atoms with Crippen LogP contribution in [0, 0.1) is 0 Å². The summed E-state index contributed by atoms with van der Waals surface area (Å²) in [5.74, 6) is -0.630. The van der Waals surface area contributed by atoms with Crippen molar-refractivity contribution in [3.63, 3.8) is 0 Å². The first-order chi connectivity index (χ1) is 17.3. The van der Waals surface area contributed by atoms with Crippen LogP contribution >= 0.6 is 23.5 Å². The van der Waals surface area contributed by atoms with Gasteiger partial charge >= 0.3 is 0 Å². The summed E-state index contributed by atoms with van der Waals surface area (Å²) in [6.07, 6.45) is 4.85. The first-order valence-electron chi connectivity index (χ1n) is 11.5. The molecule has 0 atom stereocenters. The van der Waals surface area contributed by atoms with Crippen molar-refractivity contribution in [2.24, 2.45) is 12.8 Å². The third-order valence-electron chi connectivity index (χ3n) is 5.76. The molecule has 0 bridgehead atoms. The lowest BCUT2D eigenvalue weighted by Gasteiger charge is -2.08. The number of pyridine rings is 1. The van der Waals surface area contributed by atoms with Crippen LogP contribution < -0.4 is 21.7 Å². The predicted molar refractivity (Wildman–Crippen MR) is 146 cm³/mol. The van der Waals surface area contributed by atoms with E-state index in [4.69, 9.17) is 23.1 Å². The number of benzene rings is 2. The first-order valence-corrected chi connectivity index (χ1v) is 12.7. The Labute approximate surface area is 218 Å². The third kappa shape index (κ3) is 5.87. The molecule has 5 N–H and O–H groups in total. The molecule has 8 nitrogen and oxygen atoms in total. The molecule has 1 fully saturated rings. The molecule has 0 radical (unpaired) electrons. The smallest absolute Gasteiger partial charge is 0.271 e. The van der Waals surface area contributed by atoms with Crippen LogP contribution in [0.5, 0.6) is 0 Å². The van der Waals surface area contributed by atoms with Crippen molar-refractivity contribution in [1.29, 1.82) is 0 Å². The van der Waals surface area contributed by atoms with Gasteiger partial charge in [0.15, 0.2) is 11.5 Å². The molecule has 1 aliphatic rings. The van der Waals surface area contributed by atoms with Crippen LogP contribution in [0.2, 0.25) is 5.02 Å². The summed E-state index contributed by atoms with van der Waals surface area (Å²) < 4.78 is 5.04. The van der Waals surface area contributed by atoms with Crippen molar-refractivity contribution in [3.05, 3.63) is 81.5 Å². The number of nitrogens with one attached hydrogen (secondary N) is 1. The van der Waals surface area contributed by atoms with Crippen molar-refractivity contribution in [3.8, 4) is 11.3 Å². The van der Waals surface area contributed by atoms with Crippen LogP contribution in [0.15, 0.2) is 64.4 Å². The van der Waals surface area contributed by atoms with Gasteiger partial charge in [0.1, 0.15) is 0 Å². The molecule has 1 aliphatic carbocycles. The Morgan fingerprint density at radius 1 is 1.22 bits per heavy atom. The molecular formula is C26H27ClN6O2S. The number of halogens is 1. The molecule has 36 heavy (non-hydrogen) atoms. The lowest BCUT2D eigenvalue weighted by atomic mass is 10.1. The molecule has 10 heteroatoms. The summed E-state index contributed by atoms with van der Waals surface area (Å²) in [5, 5.41) is 2.05. The van der Waals surface area contributed by atoms with Crippen LogP contribution in [0.25, 0.3) is 22.0 Å². The Balaban J connectivity index is 0.000000179. The number of amides is 1. The number of nitrogens with two attached hydrogens (primary N) is 2. The van der Waals surface area contributed by atoms with E-state index in [-0.39, 0.29) is 17.1 Å². The summed E-state index contributed by atoms with van der Waals surface area (Å²) >= 11 is 7.62. The minimum Gasteiger partial charge on any atom is -0.382 e. The summed E-state index contributed by atoms with van der Waals surface area (Å²) in [5.41, 5.74) is 13.3. The minimum absolute atomic E-state index is 0.00154. The zero-order chi connectivity index (χ0) is 25.8. The highest BCUT2D eigenvalue weighted by Gasteiger charge is 2.20. The monoisotopic (exact) mass is 522 g/mol. The third-order valence-corrected chi connectivity index (χ3v) is 7.02. The van der Waals surface area contributed by atoms with Crippen LogP contribution in [0.4, 0.5) is 5.82 Å². The maximum atomic E-state index is 12.0. The molecule has 1 saturated carbocycles. The van der Waals surface area contributed by atoms with Crippen molar-refractivity contribution in [2.75, 3.05) is 5.73 Å². The number of aryl methyl sites for hydroxylation is 1. The lowest BCUT2D eigenvalue weighted by molar-refractivity contribution is 0.0996. The molecule has 186 valence electrons. The van der Waals surface area contributed by atoms with Crippen LogP contribution in [0.3, 0.4) is 0 Å². The molecule has 2 aromatic heterocycles. The summed E-state index contributed by atoms with van der Waals surface area (Å²) in [6, 6.07) is 16.0. The predicted octanol–water partition coefficient (Wildman–Crippen LogP) is 4.34. The molecule has 4 aromatic rings. The SMILES string of the molecule is CCc1cc2cccc(Cl)c2c(=O)n1C.NC(=O)c1nc(-c2cccc(SNC3CC3)c2)cnc1N. The number of hydrogen-bond acceptors (Lipinski definition) is 7. The standard InChI is InChI=1S/C14H15N5OS.C12H12ClNO/c15-13-12(14(16)20)18-11(7-17-13)8-2-1-3-10(6-8)21-19-9-4-5-9;1-3-9-7-8-5-4-6-10(13)11(8)12(15)14(9)2/h1-3,6-7,9,19H,4-5H2,(H2,15,17)(H2,16,20);4-7H,3H2,1-2H3. The average molecular weight is 523 g/mol. The number of fused-ring (bicyclic) bond motifs is 1. The second kappa shape index (κ2) is 11.1. The Kier molecular flexibility index (Phi) is 7.93. The van der Waals surface area contributed by atoms with E-state index in [0.29, 0.717) is 22.1 Å². The van der Waals surface area contributed by atoms with Gasteiger partial charge in [0.25, 0.3) is 11.5 Å². The second-order valence-corrected chi connectivity index (χ2v) is 9.75. The van der Waals surface area contributed by atoms with Gasteiger partial charge in [0.2, 0.25) is 0 Å². The molecule has 1 amide bonds. The van der Waals surface area contributed by atoms with Gasteiger partial charge in [-0.15, -0.1) is 0 Å². The highest BCUT2D eigenvalue weighted by molar-refractivity contribution is 7.97. The molecule has 2 heterocycles. The quantitative estimate of drug-likeness (QED) is 0.321. The second-order valence-electron chi connectivity index (χ2n) is 8.43. The molecular weight excluding hydrogens is 496 g/mol. The van der Waals surface area contributed by atoms with E-state index in [1.54, 1.807) is 35.8 Å².